The van der Waals surface area contributed by atoms with Crippen LogP contribution < -0.4 is 11.1 Å². The standard InChI is InChI=1S/C15H19N5O4/c1-4-24-14(21)11-12(17-15(19(2)3)18-13(11)16)9-6-5-7-10(8-9)20(22)23/h5-8,12H,4,16H2,1-3H3,(H,17,18). The van der Waals surface area contributed by atoms with Gasteiger partial charge in [0.05, 0.1) is 11.5 Å². The van der Waals surface area contributed by atoms with Gasteiger partial charge in [-0.15, -0.1) is 0 Å². The van der Waals surface area contributed by atoms with Crippen LogP contribution in [0.1, 0.15) is 18.5 Å². The second-order valence-corrected chi connectivity index (χ2v) is 5.27. The Morgan fingerprint density at radius 3 is 2.79 bits per heavy atom. The summed E-state index contributed by atoms with van der Waals surface area (Å²) in [5.41, 5.74) is 6.51. The number of hydrogen-bond acceptors (Lipinski definition) is 8. The number of ether oxygens (including phenoxy) is 1. The van der Waals surface area contributed by atoms with E-state index in [-0.39, 0.29) is 23.7 Å². The number of hydrogen-bond donors (Lipinski definition) is 2. The third-order valence-corrected chi connectivity index (χ3v) is 3.38. The van der Waals surface area contributed by atoms with Crippen LogP contribution in [0.5, 0.6) is 0 Å². The first-order chi connectivity index (χ1) is 11.3. The maximum Gasteiger partial charge on any atom is 0.340 e. The van der Waals surface area contributed by atoms with Gasteiger partial charge < -0.3 is 20.7 Å². The lowest BCUT2D eigenvalue weighted by Gasteiger charge is -2.28. The third-order valence-electron chi connectivity index (χ3n) is 3.38. The van der Waals surface area contributed by atoms with Gasteiger partial charge >= 0.3 is 5.97 Å². The highest BCUT2D eigenvalue weighted by atomic mass is 16.6. The first-order valence-electron chi connectivity index (χ1n) is 7.28. The molecule has 9 heteroatoms. The van der Waals surface area contributed by atoms with Crippen LogP contribution >= 0.6 is 0 Å². The van der Waals surface area contributed by atoms with E-state index in [1.165, 1.54) is 12.1 Å². The highest BCUT2D eigenvalue weighted by Gasteiger charge is 2.32. The maximum atomic E-state index is 12.3. The molecular weight excluding hydrogens is 314 g/mol. The van der Waals surface area contributed by atoms with Crippen molar-refractivity contribution < 1.29 is 14.5 Å². The van der Waals surface area contributed by atoms with Crippen LogP contribution in [0.25, 0.3) is 0 Å². The molecular formula is C15H19N5O4. The molecule has 0 bridgehead atoms. The minimum absolute atomic E-state index is 0.0885. The minimum Gasteiger partial charge on any atom is -0.462 e. The minimum atomic E-state index is -0.789. The van der Waals surface area contributed by atoms with Gasteiger partial charge in [0.2, 0.25) is 0 Å². The van der Waals surface area contributed by atoms with Crippen molar-refractivity contribution >= 4 is 17.6 Å². The summed E-state index contributed by atoms with van der Waals surface area (Å²) in [6.07, 6.45) is 0. The number of non-ortho nitro benzene ring substituents is 1. The molecule has 0 fully saturated rings. The normalized spacial score (nSPS) is 17.0. The van der Waals surface area contributed by atoms with E-state index in [1.54, 1.807) is 38.1 Å². The summed E-state index contributed by atoms with van der Waals surface area (Å²) >= 11 is 0. The molecule has 24 heavy (non-hydrogen) atoms. The van der Waals surface area contributed by atoms with Crippen LogP contribution in [0, 0.1) is 10.1 Å². The molecule has 128 valence electrons. The number of esters is 1. The van der Waals surface area contributed by atoms with Gasteiger partial charge in [0.25, 0.3) is 5.69 Å². The number of benzene rings is 1. The molecule has 1 unspecified atom stereocenters. The molecule has 1 aromatic carbocycles. The Morgan fingerprint density at radius 1 is 1.50 bits per heavy atom. The van der Waals surface area contributed by atoms with Crippen LogP contribution in [-0.4, -0.2) is 42.5 Å². The third kappa shape index (κ3) is 3.45. The summed E-state index contributed by atoms with van der Waals surface area (Å²) < 4.78 is 5.04. The smallest absolute Gasteiger partial charge is 0.340 e. The fraction of sp³-hybridized carbons (Fsp3) is 0.333. The summed E-state index contributed by atoms with van der Waals surface area (Å²) in [4.78, 5) is 28.9. The van der Waals surface area contributed by atoms with Crippen molar-refractivity contribution in [3.05, 3.63) is 51.3 Å². The quantitative estimate of drug-likeness (QED) is 0.476. The zero-order chi connectivity index (χ0) is 17.9. The van der Waals surface area contributed by atoms with Crippen molar-refractivity contribution in [2.75, 3.05) is 20.7 Å². The summed E-state index contributed by atoms with van der Waals surface area (Å²) in [6.45, 7) is 1.86. The van der Waals surface area contributed by atoms with Gasteiger partial charge in [-0.2, -0.15) is 0 Å². The van der Waals surface area contributed by atoms with Crippen LogP contribution in [0.3, 0.4) is 0 Å². The number of nitrogens with zero attached hydrogens (tertiary/aromatic N) is 3. The molecule has 1 aromatic rings. The first-order valence-corrected chi connectivity index (χ1v) is 7.28. The predicted octanol–water partition coefficient (Wildman–Crippen LogP) is 0.890. The lowest BCUT2D eigenvalue weighted by molar-refractivity contribution is -0.384. The molecule has 3 N–H and O–H groups in total. The van der Waals surface area contributed by atoms with Gasteiger partial charge in [0.1, 0.15) is 17.4 Å². The van der Waals surface area contributed by atoms with Crippen molar-refractivity contribution in [3.8, 4) is 0 Å². The number of aliphatic imine (C=N–C) groups is 1. The Labute approximate surface area is 138 Å². The van der Waals surface area contributed by atoms with Gasteiger partial charge in [-0.3, -0.25) is 10.1 Å². The lowest BCUT2D eigenvalue weighted by atomic mass is 9.97. The van der Waals surface area contributed by atoms with Gasteiger partial charge in [0, 0.05) is 26.2 Å². The second-order valence-electron chi connectivity index (χ2n) is 5.27. The molecule has 9 nitrogen and oxygen atoms in total. The molecule has 0 saturated heterocycles. The Bertz CT molecular complexity index is 726. The summed E-state index contributed by atoms with van der Waals surface area (Å²) in [5, 5.41) is 13.9. The summed E-state index contributed by atoms with van der Waals surface area (Å²) in [5.74, 6) is -0.0544. The maximum absolute atomic E-state index is 12.3. The van der Waals surface area contributed by atoms with Crippen molar-refractivity contribution in [2.24, 2.45) is 10.7 Å². The van der Waals surface area contributed by atoms with Gasteiger partial charge in [-0.05, 0) is 12.5 Å². The van der Waals surface area contributed by atoms with Crippen LogP contribution in [-0.2, 0) is 9.53 Å². The zero-order valence-electron chi connectivity index (χ0n) is 13.6. The molecule has 0 spiro atoms. The average molecular weight is 333 g/mol. The second kappa shape index (κ2) is 6.99. The van der Waals surface area contributed by atoms with Crippen molar-refractivity contribution in [3.63, 3.8) is 0 Å². The van der Waals surface area contributed by atoms with E-state index < -0.39 is 16.9 Å². The number of nitro groups is 1. The molecule has 1 atom stereocenters. The predicted molar refractivity (Wildman–Crippen MR) is 87.9 cm³/mol. The van der Waals surface area contributed by atoms with E-state index in [0.29, 0.717) is 11.5 Å². The highest BCUT2D eigenvalue weighted by molar-refractivity contribution is 5.95. The molecule has 0 aromatic heterocycles. The first kappa shape index (κ1) is 17.3. The number of carbonyl (C=O) groups excluding carboxylic acids is 1. The molecule has 0 radical (unpaired) electrons. The van der Waals surface area contributed by atoms with Crippen molar-refractivity contribution in [2.45, 2.75) is 13.0 Å². The topological polar surface area (TPSA) is 123 Å². The molecule has 1 heterocycles. The number of carbonyl (C=O) groups is 1. The Morgan fingerprint density at radius 2 is 2.21 bits per heavy atom. The SMILES string of the molecule is CCOC(=O)C1=C(N)NC(N(C)C)=NC1c1cccc([N+](=O)[O-])c1. The van der Waals surface area contributed by atoms with Gasteiger partial charge in [-0.25, -0.2) is 9.79 Å². The van der Waals surface area contributed by atoms with E-state index in [0.717, 1.165) is 0 Å². The Kier molecular flexibility index (Phi) is 5.02. The number of nitrogens with one attached hydrogen (secondary N) is 1. The van der Waals surface area contributed by atoms with E-state index >= 15 is 0 Å². The van der Waals surface area contributed by atoms with E-state index in [2.05, 4.69) is 10.3 Å². The molecule has 0 saturated carbocycles. The van der Waals surface area contributed by atoms with Crippen LogP contribution in [0.2, 0.25) is 0 Å². The Hall–Kier alpha value is -3.10. The molecule has 0 amide bonds. The van der Waals surface area contributed by atoms with Crippen molar-refractivity contribution in [1.82, 2.24) is 10.2 Å². The fourth-order valence-electron chi connectivity index (χ4n) is 2.26. The molecule has 2 rings (SSSR count). The van der Waals surface area contributed by atoms with Crippen molar-refractivity contribution in [1.29, 1.82) is 0 Å². The van der Waals surface area contributed by atoms with E-state index in [9.17, 15) is 14.9 Å². The number of nitrogens with two attached hydrogens (primary N) is 1. The number of rotatable bonds is 4. The van der Waals surface area contributed by atoms with Gasteiger partial charge in [0.15, 0.2) is 5.96 Å². The van der Waals surface area contributed by atoms with E-state index in [4.69, 9.17) is 10.5 Å². The lowest BCUT2D eigenvalue weighted by Crippen LogP contribution is -2.43. The summed E-state index contributed by atoms with van der Waals surface area (Å²) in [7, 11) is 3.53. The highest BCUT2D eigenvalue weighted by Crippen LogP contribution is 2.32. The molecule has 1 aliphatic rings. The Balaban J connectivity index is 2.54. The zero-order valence-corrected chi connectivity index (χ0v) is 13.6. The van der Waals surface area contributed by atoms with Crippen LogP contribution in [0.15, 0.2) is 40.7 Å². The average Bonchev–Trinajstić information content (AvgIpc) is 2.54. The number of guanidine groups is 1. The summed E-state index contributed by atoms with van der Waals surface area (Å²) in [6, 6.07) is 5.16. The number of nitro benzene ring substituents is 1. The molecule has 1 aliphatic heterocycles. The van der Waals surface area contributed by atoms with Gasteiger partial charge in [-0.1, -0.05) is 12.1 Å². The van der Waals surface area contributed by atoms with E-state index in [1.807, 2.05) is 0 Å². The fourth-order valence-corrected chi connectivity index (χ4v) is 2.26. The largest absolute Gasteiger partial charge is 0.462 e. The van der Waals surface area contributed by atoms with Crippen LogP contribution in [0.4, 0.5) is 5.69 Å². The monoisotopic (exact) mass is 333 g/mol. The molecule has 0 aliphatic carbocycles.